The molecule has 1 aliphatic rings. The van der Waals surface area contributed by atoms with E-state index < -0.39 is 5.97 Å². The fourth-order valence-corrected chi connectivity index (χ4v) is 4.48. The zero-order valence-corrected chi connectivity index (χ0v) is 18.3. The highest BCUT2D eigenvalue weighted by atomic mass is 16.5. The molecule has 0 unspecified atom stereocenters. The molecule has 0 atom stereocenters. The Balaban J connectivity index is 1.72. The van der Waals surface area contributed by atoms with Gasteiger partial charge >= 0.3 is 5.97 Å². The summed E-state index contributed by atoms with van der Waals surface area (Å²) in [4.78, 5) is 25.2. The van der Waals surface area contributed by atoms with Crippen molar-refractivity contribution in [2.75, 3.05) is 13.2 Å². The number of carbonyl (C=O) groups is 1. The number of aromatic nitrogens is 3. The number of para-hydroxylation sites is 1. The summed E-state index contributed by atoms with van der Waals surface area (Å²) in [6.45, 7) is 3.48. The summed E-state index contributed by atoms with van der Waals surface area (Å²) in [5.74, 6) is 0.275. The molecule has 164 valence electrons. The van der Waals surface area contributed by atoms with Gasteiger partial charge in [-0.3, -0.25) is 4.79 Å². The van der Waals surface area contributed by atoms with Crippen molar-refractivity contribution in [2.45, 2.75) is 45.6 Å². The number of hydrogen-bond acceptors (Lipinski definition) is 5. The van der Waals surface area contributed by atoms with Crippen LogP contribution in [0.25, 0.3) is 16.6 Å². The van der Waals surface area contributed by atoms with Crippen molar-refractivity contribution >= 4 is 16.9 Å². The molecule has 0 radical (unpaired) electrons. The number of pyridine rings is 1. The van der Waals surface area contributed by atoms with Gasteiger partial charge in [-0.05, 0) is 38.3 Å². The normalized spacial score (nSPS) is 14.8. The van der Waals surface area contributed by atoms with E-state index in [0.717, 1.165) is 17.4 Å². The third kappa shape index (κ3) is 4.42. The lowest BCUT2D eigenvalue weighted by atomic mass is 9.89. The number of nitrogens with zero attached hydrogens (tertiary/aromatic N) is 3. The van der Waals surface area contributed by atoms with Crippen LogP contribution in [0.1, 0.15) is 55.1 Å². The molecule has 1 N–H and O–H groups in total. The van der Waals surface area contributed by atoms with Crippen molar-refractivity contribution < 1.29 is 9.53 Å². The Kier molecular flexibility index (Phi) is 6.51. The predicted octanol–water partition coefficient (Wildman–Crippen LogP) is 3.57. The fraction of sp³-hybridized carbons (Fsp3) is 0.458. The van der Waals surface area contributed by atoms with Crippen LogP contribution >= 0.6 is 0 Å². The minimum Gasteiger partial charge on any atom is -0.462 e. The molecular weight excluding hydrogens is 392 g/mol. The molecule has 0 amide bonds. The van der Waals surface area contributed by atoms with Crippen LogP contribution in [-0.2, 0) is 18.3 Å². The van der Waals surface area contributed by atoms with E-state index in [2.05, 4.69) is 10.4 Å². The first-order valence-corrected chi connectivity index (χ1v) is 11.1. The standard InChI is InChI=1S/C24H30N4O3/c1-3-31-24(30)19-15-26-28(22(19)16-25-14-17-9-5-4-6-10-17)21-13-23(29)27(2)20-12-8-7-11-18(20)21/h7-8,11-13,15,17,25H,3-6,9-10,14,16H2,1-2H3. The van der Waals surface area contributed by atoms with Crippen LogP contribution in [0.3, 0.4) is 0 Å². The van der Waals surface area contributed by atoms with E-state index in [4.69, 9.17) is 4.74 Å². The van der Waals surface area contributed by atoms with E-state index in [0.29, 0.717) is 36.0 Å². The summed E-state index contributed by atoms with van der Waals surface area (Å²) in [6.07, 6.45) is 7.94. The topological polar surface area (TPSA) is 78.2 Å². The number of benzene rings is 1. The maximum absolute atomic E-state index is 12.6. The molecule has 0 aliphatic heterocycles. The zero-order valence-electron chi connectivity index (χ0n) is 18.3. The third-order valence-electron chi connectivity index (χ3n) is 6.17. The van der Waals surface area contributed by atoms with E-state index >= 15 is 0 Å². The van der Waals surface area contributed by atoms with Gasteiger partial charge in [0, 0.05) is 25.0 Å². The van der Waals surface area contributed by atoms with Gasteiger partial charge in [0.25, 0.3) is 5.56 Å². The average molecular weight is 423 g/mol. The Hall–Kier alpha value is -2.93. The van der Waals surface area contributed by atoms with Gasteiger partial charge < -0.3 is 14.6 Å². The van der Waals surface area contributed by atoms with Gasteiger partial charge in [0.1, 0.15) is 5.56 Å². The molecular formula is C24H30N4O3. The smallest absolute Gasteiger partial charge is 0.341 e. The molecule has 7 heteroatoms. The molecule has 3 aromatic rings. The maximum atomic E-state index is 12.6. The molecule has 0 bridgehead atoms. The van der Waals surface area contributed by atoms with Gasteiger partial charge in [0.05, 0.1) is 29.7 Å². The van der Waals surface area contributed by atoms with E-state index in [-0.39, 0.29) is 5.56 Å². The second-order valence-electron chi connectivity index (χ2n) is 8.22. The van der Waals surface area contributed by atoms with Gasteiger partial charge in [-0.25, -0.2) is 9.48 Å². The Labute approximate surface area is 182 Å². The molecule has 2 heterocycles. The van der Waals surface area contributed by atoms with Gasteiger partial charge in [0.2, 0.25) is 0 Å². The van der Waals surface area contributed by atoms with Crippen molar-refractivity contribution in [3.63, 3.8) is 0 Å². The van der Waals surface area contributed by atoms with Crippen LogP contribution in [0.5, 0.6) is 0 Å². The molecule has 1 aliphatic carbocycles. The Morgan fingerprint density at radius 3 is 2.77 bits per heavy atom. The molecule has 1 aromatic carbocycles. The Morgan fingerprint density at radius 2 is 2.00 bits per heavy atom. The Morgan fingerprint density at radius 1 is 1.23 bits per heavy atom. The molecule has 31 heavy (non-hydrogen) atoms. The number of fused-ring (bicyclic) bond motifs is 1. The number of ether oxygens (including phenoxy) is 1. The van der Waals surface area contributed by atoms with Crippen LogP contribution < -0.4 is 10.9 Å². The summed E-state index contributed by atoms with van der Waals surface area (Å²) in [5, 5.41) is 8.93. The number of hydrogen-bond donors (Lipinski definition) is 1. The lowest BCUT2D eigenvalue weighted by Crippen LogP contribution is -2.26. The molecule has 2 aromatic heterocycles. The number of nitrogens with one attached hydrogen (secondary N) is 1. The SMILES string of the molecule is CCOC(=O)c1cnn(-c2cc(=O)n(C)c3ccccc23)c1CNCC1CCCCC1. The van der Waals surface area contributed by atoms with E-state index in [1.165, 1.54) is 32.1 Å². The van der Waals surface area contributed by atoms with Crippen LogP contribution in [0.15, 0.2) is 41.3 Å². The number of aryl methyl sites for hydroxylation is 1. The van der Waals surface area contributed by atoms with Gasteiger partial charge in [-0.1, -0.05) is 37.5 Å². The first kappa shape index (κ1) is 21.3. The lowest BCUT2D eigenvalue weighted by Gasteiger charge is -2.22. The van der Waals surface area contributed by atoms with E-state index in [9.17, 15) is 9.59 Å². The van der Waals surface area contributed by atoms with Crippen molar-refractivity contribution in [3.8, 4) is 5.69 Å². The minimum atomic E-state index is -0.392. The second-order valence-corrected chi connectivity index (χ2v) is 8.22. The largest absolute Gasteiger partial charge is 0.462 e. The van der Waals surface area contributed by atoms with Crippen molar-refractivity contribution in [3.05, 3.63) is 58.1 Å². The molecule has 1 saturated carbocycles. The maximum Gasteiger partial charge on any atom is 0.341 e. The van der Waals surface area contributed by atoms with Crippen LogP contribution in [0.2, 0.25) is 0 Å². The summed E-state index contributed by atoms with van der Waals surface area (Å²) < 4.78 is 8.59. The van der Waals surface area contributed by atoms with Crippen LogP contribution in [-0.4, -0.2) is 33.5 Å². The average Bonchev–Trinajstić information content (AvgIpc) is 3.21. The fourth-order valence-electron chi connectivity index (χ4n) is 4.48. The van der Waals surface area contributed by atoms with Crippen molar-refractivity contribution in [1.29, 1.82) is 0 Å². The molecule has 4 rings (SSSR count). The van der Waals surface area contributed by atoms with Crippen LogP contribution in [0, 0.1) is 5.92 Å². The molecule has 1 fully saturated rings. The van der Waals surface area contributed by atoms with Crippen molar-refractivity contribution in [2.24, 2.45) is 13.0 Å². The summed E-state index contributed by atoms with van der Waals surface area (Å²) in [5.41, 5.74) is 2.52. The van der Waals surface area contributed by atoms with E-state index in [1.807, 2.05) is 24.3 Å². The van der Waals surface area contributed by atoms with Crippen LogP contribution in [0.4, 0.5) is 0 Å². The highest BCUT2D eigenvalue weighted by molar-refractivity contribution is 5.92. The predicted molar refractivity (Wildman–Crippen MR) is 121 cm³/mol. The van der Waals surface area contributed by atoms with Gasteiger partial charge in [0.15, 0.2) is 0 Å². The summed E-state index contributed by atoms with van der Waals surface area (Å²) in [6, 6.07) is 9.30. The molecule has 0 spiro atoms. The molecule has 0 saturated heterocycles. The minimum absolute atomic E-state index is 0.122. The van der Waals surface area contributed by atoms with Crippen molar-refractivity contribution in [1.82, 2.24) is 19.7 Å². The molecule has 7 nitrogen and oxygen atoms in total. The zero-order chi connectivity index (χ0) is 21.8. The Bertz CT molecular complexity index is 1130. The third-order valence-corrected chi connectivity index (χ3v) is 6.17. The number of esters is 1. The lowest BCUT2D eigenvalue weighted by molar-refractivity contribution is 0.0525. The first-order chi connectivity index (χ1) is 15.1. The quantitative estimate of drug-likeness (QED) is 0.589. The number of carbonyl (C=O) groups excluding carboxylic acids is 1. The highest BCUT2D eigenvalue weighted by Crippen LogP contribution is 2.25. The summed E-state index contributed by atoms with van der Waals surface area (Å²) >= 11 is 0. The second kappa shape index (κ2) is 9.47. The van der Waals surface area contributed by atoms with Gasteiger partial charge in [-0.15, -0.1) is 0 Å². The monoisotopic (exact) mass is 422 g/mol. The summed E-state index contributed by atoms with van der Waals surface area (Å²) in [7, 11) is 1.76. The highest BCUT2D eigenvalue weighted by Gasteiger charge is 2.22. The van der Waals surface area contributed by atoms with E-state index in [1.54, 1.807) is 35.5 Å². The van der Waals surface area contributed by atoms with Gasteiger partial charge in [-0.2, -0.15) is 5.10 Å². The first-order valence-electron chi connectivity index (χ1n) is 11.1. The number of rotatable bonds is 7.